The summed E-state index contributed by atoms with van der Waals surface area (Å²) >= 11 is 5.67. The first-order valence-corrected chi connectivity index (χ1v) is 6.62. The third-order valence-corrected chi connectivity index (χ3v) is 3.04. The number of nitrogens with one attached hydrogen (secondary N) is 1. The fraction of sp³-hybridized carbons (Fsp3) is 0.133. The van der Waals surface area contributed by atoms with Gasteiger partial charge in [0.1, 0.15) is 11.6 Å². The van der Waals surface area contributed by atoms with E-state index in [0.29, 0.717) is 11.5 Å². The fourth-order valence-corrected chi connectivity index (χ4v) is 1.86. The van der Waals surface area contributed by atoms with Crippen molar-refractivity contribution in [2.45, 2.75) is 0 Å². The van der Waals surface area contributed by atoms with E-state index in [1.807, 2.05) is 0 Å². The number of anilines is 1. The summed E-state index contributed by atoms with van der Waals surface area (Å²) in [7, 11) is 1.48. The zero-order valence-corrected chi connectivity index (χ0v) is 12.4. The molecule has 1 amide bonds. The minimum Gasteiger partial charge on any atom is -0.506 e. The summed E-state index contributed by atoms with van der Waals surface area (Å²) in [6.45, 7) is -0.335. The number of carbonyl (C=O) groups is 1. The van der Waals surface area contributed by atoms with Gasteiger partial charge in [-0.3, -0.25) is 4.79 Å². The minimum atomic E-state index is -0.799. The highest BCUT2D eigenvalue weighted by molar-refractivity contribution is 6.32. The second-order valence-electron chi connectivity index (χ2n) is 4.27. The van der Waals surface area contributed by atoms with Crippen LogP contribution in [0.25, 0.3) is 0 Å². The summed E-state index contributed by atoms with van der Waals surface area (Å²) in [4.78, 5) is 11.8. The third-order valence-electron chi connectivity index (χ3n) is 2.74. The van der Waals surface area contributed by atoms with Gasteiger partial charge in [0.2, 0.25) is 0 Å². The number of carbonyl (C=O) groups excluding carboxylic acids is 1. The molecule has 22 heavy (non-hydrogen) atoms. The highest BCUT2D eigenvalue weighted by atomic mass is 35.5. The van der Waals surface area contributed by atoms with Gasteiger partial charge in [0.15, 0.2) is 18.1 Å². The average Bonchev–Trinajstić information content (AvgIpc) is 2.51. The molecule has 0 unspecified atom stereocenters. The molecule has 0 saturated carbocycles. The van der Waals surface area contributed by atoms with Crippen LogP contribution in [0, 0.1) is 5.82 Å². The summed E-state index contributed by atoms with van der Waals surface area (Å²) in [5.41, 5.74) is -0.142. The lowest BCUT2D eigenvalue weighted by atomic mass is 10.3. The molecule has 0 atom stereocenters. The van der Waals surface area contributed by atoms with E-state index in [9.17, 15) is 14.3 Å². The van der Waals surface area contributed by atoms with Crippen molar-refractivity contribution < 1.29 is 23.8 Å². The Hall–Kier alpha value is -2.47. The zero-order chi connectivity index (χ0) is 16.1. The van der Waals surface area contributed by atoms with E-state index in [2.05, 4.69) is 5.32 Å². The number of ether oxygens (including phenoxy) is 2. The molecule has 2 rings (SSSR count). The molecule has 0 aromatic heterocycles. The number of para-hydroxylation sites is 2. The monoisotopic (exact) mass is 325 g/mol. The average molecular weight is 326 g/mol. The lowest BCUT2D eigenvalue weighted by Crippen LogP contribution is -2.21. The standard InChI is InChI=1S/C15H13ClFNO4/c1-21-13-4-2-3-5-14(13)22-8-15(20)18-11-6-9(16)12(19)7-10(11)17/h2-7,19H,8H2,1H3,(H,18,20). The molecule has 0 fully saturated rings. The van der Waals surface area contributed by atoms with Crippen LogP contribution in [0.3, 0.4) is 0 Å². The summed E-state index contributed by atoms with van der Waals surface area (Å²) in [6, 6.07) is 8.76. The van der Waals surface area contributed by atoms with Crippen LogP contribution >= 0.6 is 11.6 Å². The van der Waals surface area contributed by atoms with Crippen molar-refractivity contribution in [1.82, 2.24) is 0 Å². The molecule has 2 N–H and O–H groups in total. The van der Waals surface area contributed by atoms with E-state index in [0.717, 1.165) is 12.1 Å². The molecule has 0 heterocycles. The summed E-state index contributed by atoms with van der Waals surface area (Å²) in [5, 5.41) is 11.5. The molecule has 5 nitrogen and oxygen atoms in total. The second-order valence-corrected chi connectivity index (χ2v) is 4.68. The van der Waals surface area contributed by atoms with Crippen molar-refractivity contribution in [3.8, 4) is 17.2 Å². The predicted molar refractivity (Wildman–Crippen MR) is 80.2 cm³/mol. The number of phenolic OH excluding ortho intramolecular Hbond substituents is 1. The maximum absolute atomic E-state index is 13.6. The van der Waals surface area contributed by atoms with Crippen molar-refractivity contribution in [3.63, 3.8) is 0 Å². The quantitative estimate of drug-likeness (QED) is 0.828. The largest absolute Gasteiger partial charge is 0.506 e. The molecular weight excluding hydrogens is 313 g/mol. The van der Waals surface area contributed by atoms with Gasteiger partial charge in [0.05, 0.1) is 17.8 Å². The first-order chi connectivity index (χ1) is 10.5. The summed E-state index contributed by atoms with van der Waals surface area (Å²) in [6.07, 6.45) is 0. The number of hydrogen-bond donors (Lipinski definition) is 2. The molecule has 0 bridgehead atoms. The summed E-state index contributed by atoms with van der Waals surface area (Å²) in [5.74, 6) is -0.903. The molecule has 7 heteroatoms. The Morgan fingerprint density at radius 2 is 2.00 bits per heavy atom. The molecule has 2 aromatic carbocycles. The fourth-order valence-electron chi connectivity index (χ4n) is 1.70. The van der Waals surface area contributed by atoms with Crippen molar-refractivity contribution in [1.29, 1.82) is 0 Å². The topological polar surface area (TPSA) is 67.8 Å². The Morgan fingerprint density at radius 1 is 1.32 bits per heavy atom. The van der Waals surface area contributed by atoms with Gasteiger partial charge in [-0.2, -0.15) is 0 Å². The SMILES string of the molecule is COc1ccccc1OCC(=O)Nc1cc(Cl)c(O)cc1F. The molecular formula is C15H13ClFNO4. The van der Waals surface area contributed by atoms with Crippen molar-refractivity contribution >= 4 is 23.2 Å². The van der Waals surface area contributed by atoms with Crippen LogP contribution in [0.4, 0.5) is 10.1 Å². The van der Waals surface area contributed by atoms with E-state index < -0.39 is 17.5 Å². The van der Waals surface area contributed by atoms with E-state index in [1.54, 1.807) is 24.3 Å². The first-order valence-electron chi connectivity index (χ1n) is 6.25. The molecule has 0 spiro atoms. The van der Waals surface area contributed by atoms with Gasteiger partial charge in [0, 0.05) is 6.07 Å². The Morgan fingerprint density at radius 3 is 2.68 bits per heavy atom. The Kier molecular flexibility index (Phi) is 5.06. The highest BCUT2D eigenvalue weighted by Crippen LogP contribution is 2.29. The van der Waals surface area contributed by atoms with Gasteiger partial charge in [0.25, 0.3) is 5.91 Å². The van der Waals surface area contributed by atoms with Crippen LogP contribution in [-0.2, 0) is 4.79 Å². The number of rotatable bonds is 5. The van der Waals surface area contributed by atoms with Crippen LogP contribution in [0.15, 0.2) is 36.4 Å². The Labute approximate surface area is 131 Å². The van der Waals surface area contributed by atoms with Gasteiger partial charge < -0.3 is 19.9 Å². The maximum atomic E-state index is 13.6. The first kappa shape index (κ1) is 15.9. The lowest BCUT2D eigenvalue weighted by Gasteiger charge is -2.11. The van der Waals surface area contributed by atoms with Crippen LogP contribution in [0.1, 0.15) is 0 Å². The van der Waals surface area contributed by atoms with E-state index >= 15 is 0 Å². The molecule has 0 radical (unpaired) electrons. The number of benzene rings is 2. The minimum absolute atomic E-state index is 0.0673. The highest BCUT2D eigenvalue weighted by Gasteiger charge is 2.12. The van der Waals surface area contributed by atoms with Crippen LogP contribution < -0.4 is 14.8 Å². The number of phenols is 1. The van der Waals surface area contributed by atoms with Gasteiger partial charge in [-0.05, 0) is 18.2 Å². The molecule has 0 aliphatic heterocycles. The third kappa shape index (κ3) is 3.79. The molecule has 116 valence electrons. The Bertz CT molecular complexity index is 693. The normalized spacial score (nSPS) is 10.1. The van der Waals surface area contributed by atoms with E-state index in [4.69, 9.17) is 21.1 Å². The van der Waals surface area contributed by atoms with E-state index in [1.165, 1.54) is 7.11 Å². The number of hydrogen-bond acceptors (Lipinski definition) is 4. The maximum Gasteiger partial charge on any atom is 0.262 e. The van der Waals surface area contributed by atoms with Gasteiger partial charge in [-0.25, -0.2) is 4.39 Å². The van der Waals surface area contributed by atoms with Crippen LogP contribution in [0.5, 0.6) is 17.2 Å². The molecule has 0 saturated heterocycles. The zero-order valence-electron chi connectivity index (χ0n) is 11.6. The smallest absolute Gasteiger partial charge is 0.262 e. The number of methoxy groups -OCH3 is 1. The lowest BCUT2D eigenvalue weighted by molar-refractivity contribution is -0.118. The molecule has 2 aromatic rings. The Balaban J connectivity index is 2.00. The van der Waals surface area contributed by atoms with E-state index in [-0.39, 0.29) is 17.3 Å². The number of halogens is 2. The predicted octanol–water partition coefficient (Wildman–Crippen LogP) is 3.21. The van der Waals surface area contributed by atoms with Gasteiger partial charge in [-0.1, -0.05) is 23.7 Å². The van der Waals surface area contributed by atoms with Gasteiger partial charge >= 0.3 is 0 Å². The summed E-state index contributed by atoms with van der Waals surface area (Å²) < 4.78 is 24.0. The molecule has 0 aliphatic rings. The van der Waals surface area contributed by atoms with Crippen molar-refractivity contribution in [3.05, 3.63) is 47.2 Å². The number of amides is 1. The molecule has 0 aliphatic carbocycles. The second kappa shape index (κ2) is 7.00. The van der Waals surface area contributed by atoms with Crippen LogP contribution in [0.2, 0.25) is 5.02 Å². The van der Waals surface area contributed by atoms with Crippen molar-refractivity contribution in [2.24, 2.45) is 0 Å². The van der Waals surface area contributed by atoms with Crippen LogP contribution in [-0.4, -0.2) is 24.7 Å². The number of aromatic hydroxyl groups is 1. The van der Waals surface area contributed by atoms with Crippen molar-refractivity contribution in [2.75, 3.05) is 19.0 Å². The van der Waals surface area contributed by atoms with Gasteiger partial charge in [-0.15, -0.1) is 0 Å².